The highest BCUT2D eigenvalue weighted by atomic mass is 32.2. The van der Waals surface area contributed by atoms with Gasteiger partial charge in [0.2, 0.25) is 11.1 Å². The number of hydrogen-bond donors (Lipinski definition) is 1. The molecule has 1 N–H and O–H groups in total. The van der Waals surface area contributed by atoms with E-state index in [1.165, 1.54) is 37.4 Å². The number of aryl methyl sites for hydroxylation is 2. The average molecular weight is 388 g/mol. The van der Waals surface area contributed by atoms with Crippen LogP contribution in [-0.4, -0.2) is 36.8 Å². The molecule has 4 rings (SSSR count). The second-order valence-electron chi connectivity index (χ2n) is 8.41. The fourth-order valence-electron chi connectivity index (χ4n) is 4.85. The molecule has 7 heteroatoms. The molecule has 0 spiro atoms. The molecule has 2 aromatic heterocycles. The van der Waals surface area contributed by atoms with E-state index in [1.807, 2.05) is 27.7 Å². The van der Waals surface area contributed by atoms with Gasteiger partial charge in [-0.3, -0.25) is 4.79 Å². The molecule has 2 fully saturated rings. The van der Waals surface area contributed by atoms with Gasteiger partial charge in [0.05, 0.1) is 5.25 Å². The van der Waals surface area contributed by atoms with Crippen LogP contribution < -0.4 is 5.32 Å². The number of thioether (sulfide) groups is 1. The summed E-state index contributed by atoms with van der Waals surface area (Å²) in [4.78, 5) is 21.7. The first-order valence-corrected chi connectivity index (χ1v) is 10.9. The van der Waals surface area contributed by atoms with Gasteiger partial charge in [-0.2, -0.15) is 4.98 Å². The number of nitrogens with one attached hydrogen (secondary N) is 1. The van der Waals surface area contributed by atoms with Crippen molar-refractivity contribution in [2.24, 2.45) is 17.8 Å². The molecule has 2 aromatic rings. The number of hydrogen-bond acceptors (Lipinski definition) is 5. The van der Waals surface area contributed by atoms with Crippen molar-refractivity contribution in [3.05, 3.63) is 17.0 Å². The highest BCUT2D eigenvalue weighted by molar-refractivity contribution is 8.00. The number of aromatic nitrogens is 4. The quantitative estimate of drug-likeness (QED) is 0.796. The SMILES string of the molecule is Cc1nc2nc(S[C@H](C)C(=O)N[C@H](C)[C@H]3C[C@H]4CC[C@H]3C4)nn2c(C)c1C. The molecule has 27 heavy (non-hydrogen) atoms. The van der Waals surface area contributed by atoms with Crippen LogP contribution in [0.25, 0.3) is 5.78 Å². The molecule has 2 saturated carbocycles. The smallest absolute Gasteiger partial charge is 0.253 e. The Bertz CT molecular complexity index is 879. The number of carbonyl (C=O) groups excluding carboxylic acids is 1. The van der Waals surface area contributed by atoms with Crippen molar-refractivity contribution in [1.29, 1.82) is 0 Å². The van der Waals surface area contributed by atoms with Crippen LogP contribution >= 0.6 is 11.8 Å². The topological polar surface area (TPSA) is 72.2 Å². The molecule has 2 heterocycles. The standard InChI is InChI=1S/C20H29N5OS/c1-10-11(2)22-19-23-20(24-25(19)13(10)4)27-14(5)18(26)21-12(3)17-9-15-6-7-16(17)8-15/h12,14-17H,6-9H2,1-5H3,(H,21,26)/t12-,14-,15+,16+,17-/m1/s1. The second kappa shape index (κ2) is 7.08. The molecule has 6 nitrogen and oxygen atoms in total. The zero-order valence-electron chi connectivity index (χ0n) is 16.8. The highest BCUT2D eigenvalue weighted by Gasteiger charge is 2.42. The minimum atomic E-state index is -0.231. The molecule has 0 saturated heterocycles. The van der Waals surface area contributed by atoms with Gasteiger partial charge in [0.15, 0.2) is 0 Å². The van der Waals surface area contributed by atoms with E-state index in [4.69, 9.17) is 0 Å². The lowest BCUT2D eigenvalue weighted by atomic mass is 9.84. The van der Waals surface area contributed by atoms with E-state index >= 15 is 0 Å². The molecule has 1 amide bonds. The molecular formula is C20H29N5OS. The van der Waals surface area contributed by atoms with E-state index in [0.717, 1.165) is 28.8 Å². The van der Waals surface area contributed by atoms with Crippen LogP contribution in [0.3, 0.4) is 0 Å². The Morgan fingerprint density at radius 2 is 1.96 bits per heavy atom. The van der Waals surface area contributed by atoms with E-state index in [2.05, 4.69) is 27.3 Å². The van der Waals surface area contributed by atoms with E-state index in [9.17, 15) is 4.79 Å². The van der Waals surface area contributed by atoms with Gasteiger partial charge in [-0.05, 0) is 77.2 Å². The largest absolute Gasteiger partial charge is 0.352 e. The van der Waals surface area contributed by atoms with Gasteiger partial charge in [-0.1, -0.05) is 18.2 Å². The number of rotatable bonds is 5. The van der Waals surface area contributed by atoms with Crippen LogP contribution in [0.4, 0.5) is 0 Å². The van der Waals surface area contributed by atoms with Gasteiger partial charge in [-0.25, -0.2) is 9.50 Å². The zero-order valence-corrected chi connectivity index (χ0v) is 17.6. The molecule has 2 aliphatic carbocycles. The molecule has 0 radical (unpaired) electrons. The predicted octanol–water partition coefficient (Wildman–Crippen LogP) is 3.47. The van der Waals surface area contributed by atoms with Crippen molar-refractivity contribution in [2.45, 2.75) is 76.8 Å². The molecular weight excluding hydrogens is 358 g/mol. The van der Waals surface area contributed by atoms with Gasteiger partial charge in [0.1, 0.15) is 0 Å². The summed E-state index contributed by atoms with van der Waals surface area (Å²) in [6.45, 7) is 10.1. The Labute approximate surface area is 164 Å². The van der Waals surface area contributed by atoms with Gasteiger partial charge >= 0.3 is 0 Å². The molecule has 0 aromatic carbocycles. The fourth-order valence-corrected chi connectivity index (χ4v) is 5.61. The second-order valence-corrected chi connectivity index (χ2v) is 9.72. The van der Waals surface area contributed by atoms with Crippen molar-refractivity contribution in [2.75, 3.05) is 0 Å². The van der Waals surface area contributed by atoms with Crippen molar-refractivity contribution in [3.63, 3.8) is 0 Å². The molecule has 2 bridgehead atoms. The Kier molecular flexibility index (Phi) is 4.91. The lowest BCUT2D eigenvalue weighted by Gasteiger charge is -2.29. The molecule has 146 valence electrons. The van der Waals surface area contributed by atoms with Gasteiger partial charge in [0.25, 0.3) is 5.78 Å². The van der Waals surface area contributed by atoms with Crippen LogP contribution in [0.1, 0.15) is 56.5 Å². The number of fused-ring (bicyclic) bond motifs is 3. The van der Waals surface area contributed by atoms with Crippen LogP contribution in [0, 0.1) is 38.5 Å². The van der Waals surface area contributed by atoms with Crippen LogP contribution in [0.15, 0.2) is 5.16 Å². The third kappa shape index (κ3) is 3.46. The van der Waals surface area contributed by atoms with E-state index in [-0.39, 0.29) is 17.2 Å². The summed E-state index contributed by atoms with van der Waals surface area (Å²) >= 11 is 1.40. The van der Waals surface area contributed by atoms with Crippen molar-refractivity contribution in [3.8, 4) is 0 Å². The summed E-state index contributed by atoms with van der Waals surface area (Å²) in [5.74, 6) is 3.04. The van der Waals surface area contributed by atoms with Gasteiger partial charge < -0.3 is 5.32 Å². The lowest BCUT2D eigenvalue weighted by Crippen LogP contribution is -2.43. The summed E-state index contributed by atoms with van der Waals surface area (Å²) in [5.41, 5.74) is 3.13. The maximum Gasteiger partial charge on any atom is 0.253 e. The van der Waals surface area contributed by atoms with Gasteiger partial charge in [0, 0.05) is 17.4 Å². The number of nitrogens with zero attached hydrogens (tertiary/aromatic N) is 4. The van der Waals surface area contributed by atoms with E-state index in [1.54, 1.807) is 4.52 Å². The third-order valence-electron chi connectivity index (χ3n) is 6.70. The van der Waals surface area contributed by atoms with Crippen molar-refractivity contribution < 1.29 is 4.79 Å². The summed E-state index contributed by atoms with van der Waals surface area (Å²) in [6, 6.07) is 0.249. The fraction of sp³-hybridized carbons (Fsp3) is 0.700. The molecule has 0 aliphatic heterocycles. The predicted molar refractivity (Wildman–Crippen MR) is 107 cm³/mol. The van der Waals surface area contributed by atoms with E-state index in [0.29, 0.717) is 16.9 Å². The Hall–Kier alpha value is -1.63. The van der Waals surface area contributed by atoms with Crippen LogP contribution in [0.2, 0.25) is 0 Å². The maximum atomic E-state index is 12.7. The van der Waals surface area contributed by atoms with E-state index < -0.39 is 0 Å². The number of amides is 1. The normalized spacial score (nSPS) is 26.5. The minimum Gasteiger partial charge on any atom is -0.352 e. The summed E-state index contributed by atoms with van der Waals surface area (Å²) in [5, 5.41) is 8.17. The first-order valence-electron chi connectivity index (χ1n) is 10.0. The highest BCUT2D eigenvalue weighted by Crippen LogP contribution is 2.49. The third-order valence-corrected chi connectivity index (χ3v) is 7.65. The molecule has 0 unspecified atom stereocenters. The Morgan fingerprint density at radius 3 is 2.63 bits per heavy atom. The summed E-state index contributed by atoms with van der Waals surface area (Å²) in [7, 11) is 0. The lowest BCUT2D eigenvalue weighted by molar-refractivity contribution is -0.121. The van der Waals surface area contributed by atoms with Crippen LogP contribution in [0.5, 0.6) is 0 Å². The Morgan fingerprint density at radius 1 is 1.19 bits per heavy atom. The summed E-state index contributed by atoms with van der Waals surface area (Å²) < 4.78 is 1.77. The summed E-state index contributed by atoms with van der Waals surface area (Å²) in [6.07, 6.45) is 5.38. The zero-order chi connectivity index (χ0) is 19.3. The molecule has 2 aliphatic rings. The average Bonchev–Trinajstić information content (AvgIpc) is 3.35. The molecule has 5 atom stereocenters. The maximum absolute atomic E-state index is 12.7. The number of carbonyl (C=O) groups is 1. The minimum absolute atomic E-state index is 0.0752. The van der Waals surface area contributed by atoms with Crippen LogP contribution in [-0.2, 0) is 4.79 Å². The first kappa shape index (κ1) is 18.7. The Balaban J connectivity index is 1.41. The monoisotopic (exact) mass is 387 g/mol. The van der Waals surface area contributed by atoms with Crippen molar-refractivity contribution in [1.82, 2.24) is 24.9 Å². The first-order chi connectivity index (χ1) is 12.8. The van der Waals surface area contributed by atoms with Crippen molar-refractivity contribution >= 4 is 23.4 Å². The van der Waals surface area contributed by atoms with Gasteiger partial charge in [-0.15, -0.1) is 5.10 Å².